The molecule has 1 atom stereocenters. The Morgan fingerprint density at radius 1 is 1.07 bits per heavy atom. The van der Waals surface area contributed by atoms with Crippen molar-refractivity contribution in [2.45, 2.75) is 25.8 Å². The number of hydrogen-bond donors (Lipinski definition) is 1. The fraction of sp³-hybridized carbons (Fsp3) is 0.182. The van der Waals surface area contributed by atoms with E-state index in [-0.39, 0.29) is 23.4 Å². The number of nitrogens with zero attached hydrogens (tertiary/aromatic N) is 1. The zero-order valence-corrected chi connectivity index (χ0v) is 14.9. The first-order chi connectivity index (χ1) is 13.0. The maximum Gasteiger partial charge on any atom is 0.233 e. The molecule has 3 aromatic rings. The predicted molar refractivity (Wildman–Crippen MR) is 101 cm³/mol. The van der Waals surface area contributed by atoms with Gasteiger partial charge in [-0.2, -0.15) is 0 Å². The Morgan fingerprint density at radius 3 is 2.59 bits per heavy atom. The van der Waals surface area contributed by atoms with Gasteiger partial charge in [0.1, 0.15) is 5.82 Å². The van der Waals surface area contributed by atoms with E-state index in [0.29, 0.717) is 35.5 Å². The van der Waals surface area contributed by atoms with Crippen molar-refractivity contribution in [1.29, 1.82) is 0 Å². The first-order valence-corrected chi connectivity index (χ1v) is 8.91. The van der Waals surface area contributed by atoms with Gasteiger partial charge in [-0.05, 0) is 49.2 Å². The van der Waals surface area contributed by atoms with Gasteiger partial charge in [0.25, 0.3) is 0 Å². The third kappa shape index (κ3) is 3.16. The smallest absolute Gasteiger partial charge is 0.233 e. The van der Waals surface area contributed by atoms with E-state index in [1.54, 1.807) is 37.3 Å². The molecule has 1 aliphatic heterocycles. The van der Waals surface area contributed by atoms with Gasteiger partial charge in [-0.1, -0.05) is 30.3 Å². The molecule has 2 aromatic carbocycles. The number of aromatic nitrogens is 1. The summed E-state index contributed by atoms with van der Waals surface area (Å²) in [5.74, 6) is -0.812. The quantitative estimate of drug-likeness (QED) is 0.704. The number of aryl methyl sites for hydroxylation is 1. The van der Waals surface area contributed by atoms with Crippen LogP contribution in [0, 0.1) is 12.7 Å². The monoisotopic (exact) mass is 362 g/mol. The number of anilines is 1. The van der Waals surface area contributed by atoms with Gasteiger partial charge >= 0.3 is 0 Å². The van der Waals surface area contributed by atoms with Crippen molar-refractivity contribution in [1.82, 2.24) is 4.57 Å². The molecule has 5 heteroatoms. The molecule has 4 rings (SSSR count). The standard InChI is InChI=1S/C22H19FN2O2/c1-14-13-16(7-8-18(14)23)24-22(27)17-11-12-25-19(17)9-10-20(25)21(26)15-5-3-2-4-6-15/h2-10,13,17H,11-12H2,1H3,(H,24,27). The average molecular weight is 362 g/mol. The molecule has 1 amide bonds. The molecule has 0 saturated heterocycles. The molecular weight excluding hydrogens is 343 g/mol. The van der Waals surface area contributed by atoms with Crippen LogP contribution in [0.1, 0.15) is 39.6 Å². The van der Waals surface area contributed by atoms with Gasteiger partial charge in [-0.15, -0.1) is 0 Å². The molecule has 0 radical (unpaired) electrons. The Morgan fingerprint density at radius 2 is 1.85 bits per heavy atom. The zero-order chi connectivity index (χ0) is 19.0. The van der Waals surface area contributed by atoms with E-state index in [4.69, 9.17) is 0 Å². The fourth-order valence-corrected chi connectivity index (χ4v) is 3.60. The van der Waals surface area contributed by atoms with Gasteiger partial charge in [-0.3, -0.25) is 9.59 Å². The predicted octanol–water partition coefficient (Wildman–Crippen LogP) is 4.29. The summed E-state index contributed by atoms with van der Waals surface area (Å²) in [5, 5.41) is 2.86. The molecule has 0 saturated carbocycles. The third-order valence-corrected chi connectivity index (χ3v) is 5.02. The Bertz CT molecular complexity index is 1020. The Kier molecular flexibility index (Phi) is 4.36. The van der Waals surface area contributed by atoms with Crippen molar-refractivity contribution in [3.63, 3.8) is 0 Å². The van der Waals surface area contributed by atoms with Gasteiger partial charge in [0.05, 0.1) is 11.6 Å². The number of fused-ring (bicyclic) bond motifs is 1. The minimum atomic E-state index is -0.326. The second-order valence-electron chi connectivity index (χ2n) is 6.78. The van der Waals surface area contributed by atoms with Crippen LogP contribution < -0.4 is 5.32 Å². The molecule has 1 aliphatic rings. The lowest BCUT2D eigenvalue weighted by atomic mass is 10.0. The summed E-state index contributed by atoms with van der Waals surface area (Å²) in [6.45, 7) is 2.28. The van der Waals surface area contributed by atoms with Crippen molar-refractivity contribution >= 4 is 17.4 Å². The summed E-state index contributed by atoms with van der Waals surface area (Å²) in [6, 6.07) is 17.3. The van der Waals surface area contributed by atoms with E-state index in [2.05, 4.69) is 5.32 Å². The maximum absolute atomic E-state index is 13.4. The molecule has 0 fully saturated rings. The van der Waals surface area contributed by atoms with Crippen LogP contribution in [0.4, 0.5) is 10.1 Å². The maximum atomic E-state index is 13.4. The Labute approximate surface area is 156 Å². The fourth-order valence-electron chi connectivity index (χ4n) is 3.60. The highest BCUT2D eigenvalue weighted by molar-refractivity contribution is 6.08. The van der Waals surface area contributed by atoms with E-state index in [1.165, 1.54) is 6.07 Å². The van der Waals surface area contributed by atoms with E-state index in [1.807, 2.05) is 28.8 Å². The van der Waals surface area contributed by atoms with E-state index in [0.717, 1.165) is 5.69 Å². The van der Waals surface area contributed by atoms with Crippen molar-refractivity contribution in [3.05, 3.63) is 89.0 Å². The minimum absolute atomic E-state index is 0.0444. The molecule has 0 aliphatic carbocycles. The number of rotatable bonds is 4. The normalized spacial score (nSPS) is 15.4. The second kappa shape index (κ2) is 6.83. The van der Waals surface area contributed by atoms with Crippen LogP contribution in [0.2, 0.25) is 0 Å². The average Bonchev–Trinajstić information content (AvgIpc) is 3.27. The van der Waals surface area contributed by atoms with Gasteiger partial charge in [0.2, 0.25) is 11.7 Å². The molecule has 0 bridgehead atoms. The van der Waals surface area contributed by atoms with Crippen LogP contribution in [0.3, 0.4) is 0 Å². The number of nitrogens with one attached hydrogen (secondary N) is 1. The van der Waals surface area contributed by atoms with Crippen molar-refractivity contribution < 1.29 is 14.0 Å². The Hall–Kier alpha value is -3.21. The number of amides is 1. The highest BCUT2D eigenvalue weighted by Gasteiger charge is 2.32. The summed E-state index contributed by atoms with van der Waals surface area (Å²) in [4.78, 5) is 25.5. The van der Waals surface area contributed by atoms with Crippen LogP contribution in [-0.2, 0) is 11.3 Å². The highest BCUT2D eigenvalue weighted by Crippen LogP contribution is 2.32. The molecule has 1 unspecified atom stereocenters. The molecular formula is C22H19FN2O2. The van der Waals surface area contributed by atoms with E-state index >= 15 is 0 Å². The molecule has 4 nitrogen and oxygen atoms in total. The molecule has 0 spiro atoms. The van der Waals surface area contributed by atoms with Crippen LogP contribution >= 0.6 is 0 Å². The third-order valence-electron chi connectivity index (χ3n) is 5.02. The summed E-state index contributed by atoms with van der Waals surface area (Å²) in [5.41, 5.74) is 3.13. The molecule has 1 aromatic heterocycles. The SMILES string of the molecule is Cc1cc(NC(=O)C2CCn3c(C(=O)c4ccccc4)ccc32)ccc1F. The van der Waals surface area contributed by atoms with E-state index < -0.39 is 0 Å². The van der Waals surface area contributed by atoms with Crippen molar-refractivity contribution in [2.75, 3.05) is 5.32 Å². The van der Waals surface area contributed by atoms with Crippen molar-refractivity contribution in [3.8, 4) is 0 Å². The van der Waals surface area contributed by atoms with Gasteiger partial charge in [0, 0.05) is 23.5 Å². The van der Waals surface area contributed by atoms with Gasteiger partial charge in [-0.25, -0.2) is 4.39 Å². The summed E-state index contributed by atoms with van der Waals surface area (Å²) >= 11 is 0. The zero-order valence-electron chi connectivity index (χ0n) is 14.9. The van der Waals surface area contributed by atoms with Crippen molar-refractivity contribution in [2.24, 2.45) is 0 Å². The summed E-state index contributed by atoms with van der Waals surface area (Å²) in [6.07, 6.45) is 0.636. The van der Waals surface area contributed by atoms with Crippen LogP contribution in [-0.4, -0.2) is 16.3 Å². The van der Waals surface area contributed by atoms with Crippen LogP contribution in [0.5, 0.6) is 0 Å². The summed E-state index contributed by atoms with van der Waals surface area (Å²) in [7, 11) is 0. The lowest BCUT2D eigenvalue weighted by molar-refractivity contribution is -0.117. The second-order valence-corrected chi connectivity index (χ2v) is 6.78. The number of carbonyl (C=O) groups excluding carboxylic acids is 2. The first kappa shape index (κ1) is 17.2. The lowest BCUT2D eigenvalue weighted by Crippen LogP contribution is -2.19. The number of ketones is 1. The molecule has 27 heavy (non-hydrogen) atoms. The summed E-state index contributed by atoms with van der Waals surface area (Å²) < 4.78 is 15.3. The van der Waals surface area contributed by atoms with E-state index in [9.17, 15) is 14.0 Å². The largest absolute Gasteiger partial charge is 0.341 e. The number of carbonyl (C=O) groups is 2. The minimum Gasteiger partial charge on any atom is -0.341 e. The first-order valence-electron chi connectivity index (χ1n) is 8.91. The van der Waals surface area contributed by atoms with Gasteiger partial charge < -0.3 is 9.88 Å². The Balaban J connectivity index is 1.55. The van der Waals surface area contributed by atoms with Crippen LogP contribution in [0.15, 0.2) is 60.7 Å². The molecule has 1 N–H and O–H groups in total. The molecule has 136 valence electrons. The lowest BCUT2D eigenvalue weighted by Gasteiger charge is -2.11. The number of benzene rings is 2. The molecule has 2 heterocycles. The number of hydrogen-bond acceptors (Lipinski definition) is 2. The van der Waals surface area contributed by atoms with Crippen LogP contribution in [0.25, 0.3) is 0 Å². The topological polar surface area (TPSA) is 51.1 Å². The number of halogens is 1. The van der Waals surface area contributed by atoms with Gasteiger partial charge in [0.15, 0.2) is 0 Å². The highest BCUT2D eigenvalue weighted by atomic mass is 19.1.